The highest BCUT2D eigenvalue weighted by atomic mass is 79.9. The fraction of sp³-hybridized carbons (Fsp3) is 0.300. The SMILES string of the molecule is CCCOc1ccc(/C=N/NC(=O)Cc2ccc(Br)cc2)cc1OCC. The summed E-state index contributed by atoms with van der Waals surface area (Å²) in [7, 11) is 0. The summed E-state index contributed by atoms with van der Waals surface area (Å²) in [6.45, 7) is 5.16. The minimum atomic E-state index is -0.170. The van der Waals surface area contributed by atoms with Crippen LogP contribution in [0.2, 0.25) is 0 Å². The summed E-state index contributed by atoms with van der Waals surface area (Å²) >= 11 is 3.37. The van der Waals surface area contributed by atoms with Crippen molar-refractivity contribution in [1.82, 2.24) is 5.43 Å². The van der Waals surface area contributed by atoms with E-state index < -0.39 is 0 Å². The molecule has 0 saturated carbocycles. The highest BCUT2D eigenvalue weighted by Gasteiger charge is 2.06. The van der Waals surface area contributed by atoms with Crippen molar-refractivity contribution in [2.75, 3.05) is 13.2 Å². The highest BCUT2D eigenvalue weighted by molar-refractivity contribution is 9.10. The lowest BCUT2D eigenvalue weighted by Crippen LogP contribution is -2.19. The number of carbonyl (C=O) groups is 1. The van der Waals surface area contributed by atoms with Crippen LogP contribution in [0.5, 0.6) is 11.5 Å². The summed E-state index contributed by atoms with van der Waals surface area (Å²) in [5.74, 6) is 1.22. The van der Waals surface area contributed by atoms with Crippen LogP contribution in [-0.2, 0) is 11.2 Å². The largest absolute Gasteiger partial charge is 0.490 e. The Morgan fingerprint density at radius 3 is 2.58 bits per heavy atom. The summed E-state index contributed by atoms with van der Waals surface area (Å²) in [6, 6.07) is 13.2. The molecule has 2 aromatic carbocycles. The van der Waals surface area contributed by atoms with Crippen LogP contribution in [-0.4, -0.2) is 25.3 Å². The number of hydrazone groups is 1. The summed E-state index contributed by atoms with van der Waals surface area (Å²) in [6.07, 6.45) is 2.80. The predicted octanol–water partition coefficient (Wildman–Crippen LogP) is 4.33. The number of hydrogen-bond donors (Lipinski definition) is 1. The second-order valence-electron chi connectivity index (χ2n) is 5.58. The topological polar surface area (TPSA) is 59.9 Å². The Bertz CT molecular complexity index is 745. The van der Waals surface area contributed by atoms with Gasteiger partial charge in [0.05, 0.1) is 25.8 Å². The van der Waals surface area contributed by atoms with Gasteiger partial charge in [0.25, 0.3) is 0 Å². The number of halogens is 1. The van der Waals surface area contributed by atoms with E-state index >= 15 is 0 Å². The van der Waals surface area contributed by atoms with Gasteiger partial charge in [-0.1, -0.05) is 35.0 Å². The molecule has 0 aliphatic carbocycles. The third-order valence-corrected chi connectivity index (χ3v) is 3.94. The van der Waals surface area contributed by atoms with E-state index in [-0.39, 0.29) is 12.3 Å². The predicted molar refractivity (Wildman–Crippen MR) is 107 cm³/mol. The maximum Gasteiger partial charge on any atom is 0.244 e. The first-order valence-corrected chi connectivity index (χ1v) is 9.37. The second kappa shape index (κ2) is 10.6. The molecule has 1 amide bonds. The lowest BCUT2D eigenvalue weighted by molar-refractivity contribution is -0.120. The Labute approximate surface area is 162 Å². The summed E-state index contributed by atoms with van der Waals surface area (Å²) in [5.41, 5.74) is 4.29. The van der Waals surface area contributed by atoms with Crippen LogP contribution in [0.1, 0.15) is 31.4 Å². The molecule has 6 heteroatoms. The van der Waals surface area contributed by atoms with Gasteiger partial charge in [0.15, 0.2) is 11.5 Å². The standard InChI is InChI=1S/C20H23BrN2O3/c1-3-11-26-18-10-7-16(12-19(18)25-4-2)14-22-23-20(24)13-15-5-8-17(21)9-6-15/h5-10,12,14H,3-4,11,13H2,1-2H3,(H,23,24)/b22-14+. The van der Waals surface area contributed by atoms with Crippen molar-refractivity contribution in [3.8, 4) is 11.5 Å². The molecule has 0 spiro atoms. The molecule has 0 saturated heterocycles. The number of nitrogens with one attached hydrogen (secondary N) is 1. The van der Waals surface area contributed by atoms with E-state index in [1.54, 1.807) is 6.21 Å². The van der Waals surface area contributed by atoms with Gasteiger partial charge >= 0.3 is 0 Å². The van der Waals surface area contributed by atoms with Crippen LogP contribution in [0.3, 0.4) is 0 Å². The second-order valence-corrected chi connectivity index (χ2v) is 6.50. The molecule has 2 aromatic rings. The number of rotatable bonds is 9. The molecule has 0 aromatic heterocycles. The van der Waals surface area contributed by atoms with Crippen LogP contribution >= 0.6 is 15.9 Å². The molecule has 0 aliphatic rings. The monoisotopic (exact) mass is 418 g/mol. The average molecular weight is 419 g/mol. The van der Waals surface area contributed by atoms with Gasteiger partial charge < -0.3 is 9.47 Å². The fourth-order valence-electron chi connectivity index (χ4n) is 2.21. The van der Waals surface area contributed by atoms with Crippen LogP contribution in [0.25, 0.3) is 0 Å². The average Bonchev–Trinajstić information content (AvgIpc) is 2.63. The van der Waals surface area contributed by atoms with Crippen LogP contribution in [0.15, 0.2) is 52.0 Å². The Kier molecular flexibility index (Phi) is 8.15. The maximum absolute atomic E-state index is 11.9. The summed E-state index contributed by atoms with van der Waals surface area (Å²) in [4.78, 5) is 11.9. The van der Waals surface area contributed by atoms with Crippen molar-refractivity contribution in [2.24, 2.45) is 5.10 Å². The molecule has 0 unspecified atom stereocenters. The Morgan fingerprint density at radius 1 is 1.12 bits per heavy atom. The molecule has 26 heavy (non-hydrogen) atoms. The van der Waals surface area contributed by atoms with E-state index in [0.29, 0.717) is 24.7 Å². The Hall–Kier alpha value is -2.34. The number of amides is 1. The van der Waals surface area contributed by atoms with Gasteiger partial charge in [0, 0.05) is 4.47 Å². The first-order chi connectivity index (χ1) is 12.6. The molecular formula is C20H23BrN2O3. The smallest absolute Gasteiger partial charge is 0.244 e. The fourth-order valence-corrected chi connectivity index (χ4v) is 2.47. The number of nitrogens with zero attached hydrogens (tertiary/aromatic N) is 1. The van der Waals surface area contributed by atoms with Crippen LogP contribution < -0.4 is 14.9 Å². The number of carbonyl (C=O) groups excluding carboxylic acids is 1. The highest BCUT2D eigenvalue weighted by Crippen LogP contribution is 2.28. The van der Waals surface area contributed by atoms with Crippen molar-refractivity contribution in [2.45, 2.75) is 26.7 Å². The normalized spacial score (nSPS) is 10.7. The van der Waals surface area contributed by atoms with E-state index in [1.165, 1.54) is 0 Å². The zero-order valence-electron chi connectivity index (χ0n) is 15.0. The van der Waals surface area contributed by atoms with E-state index in [2.05, 4.69) is 33.4 Å². The van der Waals surface area contributed by atoms with E-state index in [0.717, 1.165) is 22.0 Å². The van der Waals surface area contributed by atoms with Gasteiger partial charge in [-0.15, -0.1) is 0 Å². The molecular weight excluding hydrogens is 396 g/mol. The minimum absolute atomic E-state index is 0.170. The van der Waals surface area contributed by atoms with Crippen molar-refractivity contribution in [1.29, 1.82) is 0 Å². The lowest BCUT2D eigenvalue weighted by Gasteiger charge is -2.11. The molecule has 0 atom stereocenters. The molecule has 0 fully saturated rings. The molecule has 1 N–H and O–H groups in total. The zero-order valence-corrected chi connectivity index (χ0v) is 16.6. The van der Waals surface area contributed by atoms with Gasteiger partial charge in [-0.2, -0.15) is 5.10 Å². The van der Waals surface area contributed by atoms with Gasteiger partial charge in [-0.25, -0.2) is 5.43 Å². The molecule has 138 valence electrons. The molecule has 0 radical (unpaired) electrons. The Morgan fingerprint density at radius 2 is 1.88 bits per heavy atom. The first kappa shape index (κ1) is 20.0. The molecule has 0 heterocycles. The van der Waals surface area contributed by atoms with Gasteiger partial charge in [0.2, 0.25) is 5.91 Å². The van der Waals surface area contributed by atoms with Crippen molar-refractivity contribution < 1.29 is 14.3 Å². The lowest BCUT2D eigenvalue weighted by atomic mass is 10.1. The van der Waals surface area contributed by atoms with E-state index in [1.807, 2.05) is 49.4 Å². The third-order valence-electron chi connectivity index (χ3n) is 3.41. The van der Waals surface area contributed by atoms with Crippen molar-refractivity contribution in [3.63, 3.8) is 0 Å². The molecule has 5 nitrogen and oxygen atoms in total. The summed E-state index contributed by atoms with van der Waals surface area (Å²) < 4.78 is 12.3. The van der Waals surface area contributed by atoms with Gasteiger partial charge in [-0.3, -0.25) is 4.79 Å². The minimum Gasteiger partial charge on any atom is -0.490 e. The first-order valence-electron chi connectivity index (χ1n) is 8.58. The zero-order chi connectivity index (χ0) is 18.8. The van der Waals surface area contributed by atoms with Gasteiger partial charge in [-0.05, 0) is 54.8 Å². The number of hydrogen-bond acceptors (Lipinski definition) is 4. The van der Waals surface area contributed by atoms with Gasteiger partial charge in [0.1, 0.15) is 0 Å². The number of ether oxygens (including phenoxy) is 2. The summed E-state index contributed by atoms with van der Waals surface area (Å²) in [5, 5.41) is 4.02. The van der Waals surface area contributed by atoms with E-state index in [9.17, 15) is 4.79 Å². The maximum atomic E-state index is 11.9. The molecule has 0 aliphatic heterocycles. The molecule has 2 rings (SSSR count). The molecule has 0 bridgehead atoms. The number of benzene rings is 2. The van der Waals surface area contributed by atoms with Crippen LogP contribution in [0.4, 0.5) is 0 Å². The quantitative estimate of drug-likeness (QED) is 0.486. The van der Waals surface area contributed by atoms with Crippen molar-refractivity contribution >= 4 is 28.1 Å². The van der Waals surface area contributed by atoms with Crippen molar-refractivity contribution in [3.05, 3.63) is 58.1 Å². The Balaban J connectivity index is 1.94. The van der Waals surface area contributed by atoms with Crippen LogP contribution in [0, 0.1) is 0 Å². The third kappa shape index (κ3) is 6.52. The van der Waals surface area contributed by atoms with E-state index in [4.69, 9.17) is 9.47 Å².